The molecule has 0 amide bonds. The van der Waals surface area contributed by atoms with Crippen LogP contribution >= 0.6 is 22.7 Å². The second-order valence-electron chi connectivity index (χ2n) is 10.8. The maximum absolute atomic E-state index is 4.97. The maximum atomic E-state index is 4.97. The zero-order valence-electron chi connectivity index (χ0n) is 23.1. The third-order valence-electron chi connectivity index (χ3n) is 8.32. The van der Waals surface area contributed by atoms with Crippen LogP contribution in [-0.2, 0) is 0 Å². The second kappa shape index (κ2) is 9.77. The van der Waals surface area contributed by atoms with Gasteiger partial charge in [-0.2, -0.15) is 0 Å². The minimum absolute atomic E-state index is 1.06. The van der Waals surface area contributed by atoms with E-state index in [0.29, 0.717) is 0 Å². The summed E-state index contributed by atoms with van der Waals surface area (Å²) in [6.45, 7) is 0. The number of anilines is 3. The molecule has 0 radical (unpaired) electrons. The van der Waals surface area contributed by atoms with E-state index in [2.05, 4.69) is 144 Å². The zero-order valence-corrected chi connectivity index (χ0v) is 24.7. The average Bonchev–Trinajstić information content (AvgIpc) is 3.65. The highest BCUT2D eigenvalue weighted by Crippen LogP contribution is 2.47. The number of aromatic nitrogens is 1. The first kappa shape index (κ1) is 24.6. The molecule has 0 unspecified atom stereocenters. The number of fused-ring (bicyclic) bond motifs is 8. The summed E-state index contributed by atoms with van der Waals surface area (Å²) >= 11 is 3.68. The highest BCUT2D eigenvalue weighted by Gasteiger charge is 2.20. The monoisotopic (exact) mass is 584 g/mol. The summed E-state index contributed by atoms with van der Waals surface area (Å²) in [4.78, 5) is 7.38. The average molecular weight is 585 g/mol. The molecule has 0 aliphatic rings. The molecule has 0 spiro atoms. The fourth-order valence-corrected chi connectivity index (χ4v) is 8.56. The van der Waals surface area contributed by atoms with E-state index < -0.39 is 0 Å². The Bertz CT molecular complexity index is 2450. The molecule has 3 heterocycles. The van der Waals surface area contributed by atoms with Crippen LogP contribution in [0.3, 0.4) is 0 Å². The Labute approximate surface area is 256 Å². The van der Waals surface area contributed by atoms with Crippen LogP contribution in [0, 0.1) is 0 Å². The van der Waals surface area contributed by atoms with Crippen LogP contribution in [0.2, 0.25) is 0 Å². The van der Waals surface area contributed by atoms with Gasteiger partial charge in [0.15, 0.2) is 0 Å². The topological polar surface area (TPSA) is 16.1 Å². The minimum Gasteiger partial charge on any atom is -0.309 e. The summed E-state index contributed by atoms with van der Waals surface area (Å²) in [6, 6.07) is 50.4. The number of rotatable bonds is 4. The predicted octanol–water partition coefficient (Wildman–Crippen LogP) is 12.1. The fourth-order valence-electron chi connectivity index (χ4n) is 6.30. The largest absolute Gasteiger partial charge is 0.309 e. The smallest absolute Gasteiger partial charge is 0.0916 e. The Morgan fingerprint density at radius 2 is 1.19 bits per heavy atom. The molecule has 9 aromatic rings. The van der Waals surface area contributed by atoms with Gasteiger partial charge < -0.3 is 4.90 Å². The highest BCUT2D eigenvalue weighted by atomic mass is 32.1. The van der Waals surface area contributed by atoms with E-state index in [4.69, 9.17) is 4.98 Å². The van der Waals surface area contributed by atoms with Crippen LogP contribution in [0.25, 0.3) is 62.4 Å². The fraction of sp³-hybridized carbons (Fsp3) is 0. The van der Waals surface area contributed by atoms with Gasteiger partial charge in [0, 0.05) is 47.8 Å². The maximum Gasteiger partial charge on any atom is 0.0916 e. The van der Waals surface area contributed by atoms with Gasteiger partial charge in [0.2, 0.25) is 0 Å². The number of hydrogen-bond donors (Lipinski definition) is 0. The molecule has 2 nitrogen and oxygen atoms in total. The molecular weight excluding hydrogens is 561 g/mol. The molecule has 0 bridgehead atoms. The van der Waals surface area contributed by atoms with E-state index in [9.17, 15) is 0 Å². The number of benzene rings is 6. The van der Waals surface area contributed by atoms with Crippen LogP contribution in [0.4, 0.5) is 17.1 Å². The SMILES string of the molecule is c1ccc(-c2ccc(N(c3ccc4sc5ccccc5c4c3)c3ccnc4c3sc3ccc5ccccc5c34)cc2)cc1. The van der Waals surface area contributed by atoms with E-state index >= 15 is 0 Å². The molecule has 0 saturated heterocycles. The molecule has 0 saturated carbocycles. The van der Waals surface area contributed by atoms with Crippen molar-refractivity contribution in [3.05, 3.63) is 146 Å². The van der Waals surface area contributed by atoms with Crippen molar-refractivity contribution in [3.8, 4) is 11.1 Å². The van der Waals surface area contributed by atoms with E-state index in [0.717, 1.165) is 22.6 Å². The lowest BCUT2D eigenvalue weighted by Gasteiger charge is -2.26. The summed E-state index contributed by atoms with van der Waals surface area (Å²) < 4.78 is 5.07. The molecule has 0 atom stereocenters. The van der Waals surface area contributed by atoms with Gasteiger partial charge in [0.1, 0.15) is 0 Å². The Morgan fingerprint density at radius 1 is 0.488 bits per heavy atom. The number of thiophene rings is 2. The van der Waals surface area contributed by atoms with Crippen LogP contribution in [0.1, 0.15) is 0 Å². The molecule has 202 valence electrons. The number of pyridine rings is 1. The first-order valence-electron chi connectivity index (χ1n) is 14.4. The van der Waals surface area contributed by atoms with Gasteiger partial charge >= 0.3 is 0 Å². The van der Waals surface area contributed by atoms with Crippen LogP contribution in [0.5, 0.6) is 0 Å². The highest BCUT2D eigenvalue weighted by molar-refractivity contribution is 7.26. The van der Waals surface area contributed by atoms with Gasteiger partial charge in [-0.1, -0.05) is 91.0 Å². The van der Waals surface area contributed by atoms with Crippen molar-refractivity contribution in [2.45, 2.75) is 0 Å². The van der Waals surface area contributed by atoms with Crippen LogP contribution < -0.4 is 4.90 Å². The summed E-state index contributed by atoms with van der Waals surface area (Å²) in [7, 11) is 0. The van der Waals surface area contributed by atoms with Crippen molar-refractivity contribution in [2.24, 2.45) is 0 Å². The van der Waals surface area contributed by atoms with Gasteiger partial charge in [-0.3, -0.25) is 4.98 Å². The zero-order chi connectivity index (χ0) is 28.3. The molecular formula is C39H24N2S2. The molecule has 9 rings (SSSR count). The molecule has 0 fully saturated rings. The first-order chi connectivity index (χ1) is 21.3. The van der Waals surface area contributed by atoms with Crippen LogP contribution in [-0.4, -0.2) is 4.98 Å². The molecule has 4 heteroatoms. The normalized spacial score (nSPS) is 11.7. The van der Waals surface area contributed by atoms with E-state index in [-0.39, 0.29) is 0 Å². The van der Waals surface area contributed by atoms with E-state index in [1.54, 1.807) is 0 Å². The Morgan fingerprint density at radius 3 is 2.07 bits per heavy atom. The lowest BCUT2D eigenvalue weighted by molar-refractivity contribution is 1.29. The Hall–Kier alpha value is -5.03. The molecule has 0 N–H and O–H groups in total. The van der Waals surface area contributed by atoms with Crippen molar-refractivity contribution in [3.63, 3.8) is 0 Å². The number of nitrogens with zero attached hydrogens (tertiary/aromatic N) is 2. The lowest BCUT2D eigenvalue weighted by Crippen LogP contribution is -2.10. The van der Waals surface area contributed by atoms with Crippen LogP contribution in [0.15, 0.2) is 146 Å². The third-order valence-corrected chi connectivity index (χ3v) is 10.6. The molecule has 0 aliphatic carbocycles. The molecule has 6 aromatic carbocycles. The van der Waals surface area contributed by atoms with Gasteiger partial charge in [0.25, 0.3) is 0 Å². The quantitative estimate of drug-likeness (QED) is 0.205. The summed E-state index contributed by atoms with van der Waals surface area (Å²) in [5.74, 6) is 0. The lowest BCUT2D eigenvalue weighted by atomic mass is 10.0. The summed E-state index contributed by atoms with van der Waals surface area (Å²) in [5.41, 5.74) is 6.88. The third kappa shape index (κ3) is 3.95. The van der Waals surface area contributed by atoms with Gasteiger partial charge in [-0.05, 0) is 70.4 Å². The summed E-state index contributed by atoms with van der Waals surface area (Å²) in [6.07, 6.45) is 1.97. The minimum atomic E-state index is 1.06. The van der Waals surface area contributed by atoms with E-state index in [1.165, 1.54) is 56.9 Å². The van der Waals surface area contributed by atoms with Crippen molar-refractivity contribution < 1.29 is 0 Å². The van der Waals surface area contributed by atoms with Crippen molar-refractivity contribution >= 4 is 91.0 Å². The van der Waals surface area contributed by atoms with Gasteiger partial charge in [-0.25, -0.2) is 0 Å². The van der Waals surface area contributed by atoms with Crippen molar-refractivity contribution in [1.82, 2.24) is 4.98 Å². The van der Waals surface area contributed by atoms with Gasteiger partial charge in [-0.15, -0.1) is 22.7 Å². The molecule has 0 aliphatic heterocycles. The van der Waals surface area contributed by atoms with Gasteiger partial charge in [0.05, 0.1) is 15.9 Å². The summed E-state index contributed by atoms with van der Waals surface area (Å²) in [5, 5.41) is 6.32. The predicted molar refractivity (Wildman–Crippen MR) is 188 cm³/mol. The van der Waals surface area contributed by atoms with Crippen molar-refractivity contribution in [2.75, 3.05) is 4.90 Å². The molecule has 43 heavy (non-hydrogen) atoms. The standard InChI is InChI=1S/C39H24N2S2/c1-2-8-25(9-3-1)26-14-17-28(18-15-26)41(29-19-21-35-32(24-29)31-12-6-7-13-34(31)42-35)33-22-23-40-38-37-30-11-5-4-10-27(30)16-20-36(37)43-39(33)38/h1-24H. The second-order valence-corrected chi connectivity index (χ2v) is 12.9. The molecule has 3 aromatic heterocycles. The Balaban J connectivity index is 1.30. The van der Waals surface area contributed by atoms with Crippen molar-refractivity contribution in [1.29, 1.82) is 0 Å². The number of hydrogen-bond acceptors (Lipinski definition) is 4. The Kier molecular flexibility index (Phi) is 5.58. The first-order valence-corrected chi connectivity index (χ1v) is 16.0. The van der Waals surface area contributed by atoms with E-state index in [1.807, 2.05) is 28.9 Å².